The smallest absolute Gasteiger partial charge is 0.317 e. The number of nitrogens with one attached hydrogen (secondary N) is 1. The van der Waals surface area contributed by atoms with Gasteiger partial charge in [-0.05, 0) is 44.0 Å². The van der Waals surface area contributed by atoms with Gasteiger partial charge in [0.2, 0.25) is 0 Å². The summed E-state index contributed by atoms with van der Waals surface area (Å²) in [4.78, 5) is 22.7. The molecule has 0 amide bonds. The maximum Gasteiger partial charge on any atom is 0.317 e. The number of ether oxygens (including phenoxy) is 1. The molecule has 1 unspecified atom stereocenters. The molecule has 0 bridgehead atoms. The molecule has 5 heteroatoms. The standard InChI is InChI=1S/C14H19NO4/c1-8-9(2)12(19-4)6-5-11(8)14(18)10(3)15-7-13(16)17/h5-6,10,15H,7H2,1-4H3,(H,16,17). The Balaban J connectivity index is 2.94. The van der Waals surface area contributed by atoms with Crippen LogP contribution in [0.25, 0.3) is 0 Å². The minimum atomic E-state index is -0.984. The van der Waals surface area contributed by atoms with E-state index in [2.05, 4.69) is 5.32 Å². The molecule has 104 valence electrons. The molecule has 0 saturated carbocycles. The van der Waals surface area contributed by atoms with Gasteiger partial charge in [-0.15, -0.1) is 0 Å². The van der Waals surface area contributed by atoms with E-state index in [1.165, 1.54) is 0 Å². The van der Waals surface area contributed by atoms with E-state index >= 15 is 0 Å². The van der Waals surface area contributed by atoms with Crippen LogP contribution in [0.4, 0.5) is 0 Å². The van der Waals surface area contributed by atoms with E-state index in [4.69, 9.17) is 9.84 Å². The average molecular weight is 265 g/mol. The fourth-order valence-corrected chi connectivity index (χ4v) is 1.85. The third kappa shape index (κ3) is 3.54. The number of aliphatic carboxylic acids is 1. The van der Waals surface area contributed by atoms with Crippen molar-refractivity contribution in [1.82, 2.24) is 5.32 Å². The molecule has 0 radical (unpaired) electrons. The van der Waals surface area contributed by atoms with Crippen LogP contribution in [0.15, 0.2) is 12.1 Å². The van der Waals surface area contributed by atoms with E-state index in [-0.39, 0.29) is 12.3 Å². The second-order valence-corrected chi connectivity index (χ2v) is 4.43. The van der Waals surface area contributed by atoms with E-state index in [0.29, 0.717) is 5.56 Å². The number of methoxy groups -OCH3 is 1. The average Bonchev–Trinajstić information content (AvgIpc) is 2.38. The van der Waals surface area contributed by atoms with Crippen LogP contribution in [0.2, 0.25) is 0 Å². The summed E-state index contributed by atoms with van der Waals surface area (Å²) in [5, 5.41) is 11.3. The highest BCUT2D eigenvalue weighted by Crippen LogP contribution is 2.24. The third-order valence-electron chi connectivity index (χ3n) is 3.18. The second-order valence-electron chi connectivity index (χ2n) is 4.43. The Labute approximate surface area is 112 Å². The van der Waals surface area contributed by atoms with E-state index < -0.39 is 12.0 Å². The minimum absolute atomic E-state index is 0.121. The fourth-order valence-electron chi connectivity index (χ4n) is 1.85. The number of Topliss-reactive ketones (excluding diaryl/α,β-unsaturated/α-hetero) is 1. The van der Waals surface area contributed by atoms with Gasteiger partial charge in [0.15, 0.2) is 5.78 Å². The fraction of sp³-hybridized carbons (Fsp3) is 0.429. The minimum Gasteiger partial charge on any atom is -0.496 e. The van der Waals surface area contributed by atoms with Crippen LogP contribution in [0, 0.1) is 13.8 Å². The van der Waals surface area contributed by atoms with Gasteiger partial charge < -0.3 is 9.84 Å². The summed E-state index contributed by atoms with van der Waals surface area (Å²) >= 11 is 0. The number of carbonyl (C=O) groups excluding carboxylic acids is 1. The van der Waals surface area contributed by atoms with Crippen molar-refractivity contribution in [3.63, 3.8) is 0 Å². The number of hydrogen-bond acceptors (Lipinski definition) is 4. The zero-order chi connectivity index (χ0) is 14.6. The third-order valence-corrected chi connectivity index (χ3v) is 3.18. The van der Waals surface area contributed by atoms with Gasteiger partial charge in [-0.25, -0.2) is 0 Å². The molecule has 1 aromatic carbocycles. The van der Waals surface area contributed by atoms with Crippen molar-refractivity contribution in [2.24, 2.45) is 0 Å². The quantitative estimate of drug-likeness (QED) is 0.763. The van der Waals surface area contributed by atoms with Gasteiger partial charge in [-0.3, -0.25) is 14.9 Å². The largest absolute Gasteiger partial charge is 0.496 e. The van der Waals surface area contributed by atoms with Crippen LogP contribution in [0.5, 0.6) is 5.75 Å². The van der Waals surface area contributed by atoms with E-state index in [0.717, 1.165) is 16.9 Å². The number of benzene rings is 1. The van der Waals surface area contributed by atoms with Gasteiger partial charge in [-0.2, -0.15) is 0 Å². The maximum atomic E-state index is 12.2. The SMILES string of the molecule is COc1ccc(C(=O)C(C)NCC(=O)O)c(C)c1C. The summed E-state index contributed by atoms with van der Waals surface area (Å²) in [5.74, 6) is -0.369. The second kappa shape index (κ2) is 6.33. The Bertz CT molecular complexity index is 496. The summed E-state index contributed by atoms with van der Waals surface area (Å²) in [6.07, 6.45) is 0. The normalized spacial score (nSPS) is 12.0. The summed E-state index contributed by atoms with van der Waals surface area (Å²) in [5.41, 5.74) is 2.36. The molecular weight excluding hydrogens is 246 g/mol. The molecule has 0 spiro atoms. The van der Waals surface area contributed by atoms with Gasteiger partial charge in [0.25, 0.3) is 0 Å². The highest BCUT2D eigenvalue weighted by atomic mass is 16.5. The molecule has 0 aliphatic rings. The summed E-state index contributed by atoms with van der Waals surface area (Å²) < 4.78 is 5.20. The van der Waals surface area contributed by atoms with Crippen molar-refractivity contribution in [2.75, 3.05) is 13.7 Å². The van der Waals surface area contributed by atoms with Gasteiger partial charge in [0.1, 0.15) is 5.75 Å². The lowest BCUT2D eigenvalue weighted by Gasteiger charge is -2.15. The first kappa shape index (κ1) is 15.2. The molecule has 0 aromatic heterocycles. The molecule has 0 aliphatic carbocycles. The number of carboxylic acid groups (broad SMARTS) is 1. The monoisotopic (exact) mass is 265 g/mol. The lowest BCUT2D eigenvalue weighted by molar-refractivity contribution is -0.136. The van der Waals surface area contributed by atoms with Crippen LogP contribution < -0.4 is 10.1 Å². The highest BCUT2D eigenvalue weighted by Gasteiger charge is 2.19. The molecule has 0 aliphatic heterocycles. The van der Waals surface area contributed by atoms with Gasteiger partial charge in [-0.1, -0.05) is 0 Å². The molecule has 2 N–H and O–H groups in total. The van der Waals surface area contributed by atoms with E-state index in [1.807, 2.05) is 13.8 Å². The molecular formula is C14H19NO4. The van der Waals surface area contributed by atoms with Crippen molar-refractivity contribution >= 4 is 11.8 Å². The summed E-state index contributed by atoms with van der Waals surface area (Å²) in [7, 11) is 1.58. The van der Waals surface area contributed by atoms with Gasteiger partial charge in [0, 0.05) is 5.56 Å². The number of carbonyl (C=O) groups is 2. The lowest BCUT2D eigenvalue weighted by atomic mass is 9.96. The first-order valence-electron chi connectivity index (χ1n) is 6.02. The van der Waals surface area contributed by atoms with Crippen molar-refractivity contribution in [1.29, 1.82) is 0 Å². The highest BCUT2D eigenvalue weighted by molar-refractivity contribution is 6.01. The van der Waals surface area contributed by atoms with Crippen LogP contribution in [0.3, 0.4) is 0 Å². The van der Waals surface area contributed by atoms with Crippen LogP contribution in [0.1, 0.15) is 28.4 Å². The summed E-state index contributed by atoms with van der Waals surface area (Å²) in [6, 6.07) is 2.92. The molecule has 1 atom stereocenters. The molecule has 0 saturated heterocycles. The van der Waals surface area contributed by atoms with Crippen molar-refractivity contribution < 1.29 is 19.4 Å². The van der Waals surface area contributed by atoms with Crippen LogP contribution in [-0.2, 0) is 4.79 Å². The van der Waals surface area contributed by atoms with E-state index in [1.54, 1.807) is 26.2 Å². The van der Waals surface area contributed by atoms with Gasteiger partial charge >= 0.3 is 5.97 Å². The maximum absolute atomic E-state index is 12.2. The molecule has 0 fully saturated rings. The molecule has 19 heavy (non-hydrogen) atoms. The zero-order valence-electron chi connectivity index (χ0n) is 11.6. The first-order valence-corrected chi connectivity index (χ1v) is 6.02. The predicted molar refractivity (Wildman–Crippen MR) is 71.9 cm³/mol. The number of hydrogen-bond donors (Lipinski definition) is 2. The number of carboxylic acids is 1. The van der Waals surface area contributed by atoms with Crippen LogP contribution in [-0.4, -0.2) is 36.6 Å². The van der Waals surface area contributed by atoms with Crippen molar-refractivity contribution in [2.45, 2.75) is 26.8 Å². The number of rotatable bonds is 6. The topological polar surface area (TPSA) is 75.6 Å². The molecule has 1 rings (SSSR count). The Morgan fingerprint density at radius 1 is 1.32 bits per heavy atom. The van der Waals surface area contributed by atoms with Crippen molar-refractivity contribution in [3.8, 4) is 5.75 Å². The zero-order valence-corrected chi connectivity index (χ0v) is 11.6. The lowest BCUT2D eigenvalue weighted by Crippen LogP contribution is -2.37. The first-order chi connectivity index (χ1) is 8.88. The van der Waals surface area contributed by atoms with Gasteiger partial charge in [0.05, 0.1) is 19.7 Å². The molecule has 1 aromatic rings. The Kier molecular flexibility index (Phi) is 5.06. The van der Waals surface area contributed by atoms with Crippen LogP contribution >= 0.6 is 0 Å². The van der Waals surface area contributed by atoms with E-state index in [9.17, 15) is 9.59 Å². The number of ketones is 1. The Hall–Kier alpha value is -1.88. The Morgan fingerprint density at radius 2 is 1.95 bits per heavy atom. The Morgan fingerprint density at radius 3 is 2.47 bits per heavy atom. The molecule has 0 heterocycles. The van der Waals surface area contributed by atoms with Crippen molar-refractivity contribution in [3.05, 3.63) is 28.8 Å². The predicted octanol–water partition coefficient (Wildman–Crippen LogP) is 1.56. The molecule has 5 nitrogen and oxygen atoms in total. The summed E-state index contributed by atoms with van der Waals surface area (Å²) in [6.45, 7) is 5.17.